The van der Waals surface area contributed by atoms with Gasteiger partial charge >= 0.3 is 0 Å². The van der Waals surface area contributed by atoms with Crippen molar-refractivity contribution in [3.05, 3.63) is 77.9 Å². The molecule has 7 heteroatoms. The Morgan fingerprint density at radius 1 is 0.970 bits per heavy atom. The Morgan fingerprint density at radius 3 is 2.36 bits per heavy atom. The molecule has 2 aliphatic heterocycles. The van der Waals surface area contributed by atoms with Crippen LogP contribution in [0.3, 0.4) is 0 Å². The van der Waals surface area contributed by atoms with Gasteiger partial charge in [-0.2, -0.15) is 5.10 Å². The monoisotopic (exact) mass is 441 g/mol. The number of nitrogens with zero attached hydrogens (tertiary/aromatic N) is 3. The summed E-state index contributed by atoms with van der Waals surface area (Å²) in [5, 5.41) is 8.32. The molecule has 3 aromatic carbocycles. The highest BCUT2D eigenvalue weighted by Gasteiger charge is 2.37. The van der Waals surface area contributed by atoms with Gasteiger partial charge in [-0.25, -0.2) is 5.01 Å². The van der Waals surface area contributed by atoms with Crippen LogP contribution in [0.25, 0.3) is 10.8 Å². The summed E-state index contributed by atoms with van der Waals surface area (Å²) in [6.07, 6.45) is 0.831. The highest BCUT2D eigenvalue weighted by atomic mass is 16.5. The van der Waals surface area contributed by atoms with E-state index in [2.05, 4.69) is 17.2 Å². The van der Waals surface area contributed by atoms with E-state index in [0.29, 0.717) is 6.42 Å². The minimum Gasteiger partial charge on any atom is -0.497 e. The van der Waals surface area contributed by atoms with E-state index in [1.165, 1.54) is 5.01 Å². The van der Waals surface area contributed by atoms with Crippen LogP contribution >= 0.6 is 0 Å². The molecule has 1 saturated heterocycles. The SMILES string of the molecule is COc1ccc([C@@H]2CC(c3ccc4ccccc4c3)=NN2C(=O)CN2C(=O)CCC2=O)cc1. The highest BCUT2D eigenvalue weighted by molar-refractivity contribution is 6.07. The second-order valence-electron chi connectivity index (χ2n) is 8.21. The Hall–Kier alpha value is -4.00. The number of likely N-dealkylation sites (tertiary alicyclic amines) is 1. The molecule has 2 aliphatic rings. The second-order valence-corrected chi connectivity index (χ2v) is 8.21. The number of rotatable bonds is 5. The van der Waals surface area contributed by atoms with Gasteiger partial charge in [-0.3, -0.25) is 19.3 Å². The first-order valence-electron chi connectivity index (χ1n) is 10.9. The average Bonchev–Trinajstić information content (AvgIpc) is 3.43. The van der Waals surface area contributed by atoms with Crippen molar-refractivity contribution in [3.63, 3.8) is 0 Å². The van der Waals surface area contributed by atoms with Crippen LogP contribution in [-0.4, -0.2) is 47.0 Å². The Bertz CT molecular complexity index is 1270. The van der Waals surface area contributed by atoms with Gasteiger partial charge in [0, 0.05) is 19.3 Å². The molecule has 3 amide bonds. The molecule has 0 N–H and O–H groups in total. The number of imide groups is 1. The molecular weight excluding hydrogens is 418 g/mol. The zero-order valence-corrected chi connectivity index (χ0v) is 18.2. The van der Waals surface area contributed by atoms with Gasteiger partial charge in [-0.1, -0.05) is 48.5 Å². The number of amides is 3. The van der Waals surface area contributed by atoms with E-state index in [1.807, 2.05) is 54.6 Å². The quantitative estimate of drug-likeness (QED) is 0.566. The summed E-state index contributed by atoms with van der Waals surface area (Å²) in [5.74, 6) is -0.284. The van der Waals surface area contributed by atoms with Gasteiger partial charge in [0.25, 0.3) is 5.91 Å². The van der Waals surface area contributed by atoms with Crippen LogP contribution in [0, 0.1) is 0 Å². The molecule has 3 aromatic rings. The Balaban J connectivity index is 1.48. The number of hydrazone groups is 1. The number of ether oxygens (including phenoxy) is 1. The normalized spacial score (nSPS) is 18.2. The Labute approximate surface area is 191 Å². The summed E-state index contributed by atoms with van der Waals surface area (Å²) in [5.41, 5.74) is 2.63. The number of carbonyl (C=O) groups is 3. The number of hydrogen-bond acceptors (Lipinski definition) is 5. The second kappa shape index (κ2) is 8.50. The molecule has 0 aliphatic carbocycles. The van der Waals surface area contributed by atoms with E-state index in [4.69, 9.17) is 4.74 Å². The standard InChI is InChI=1S/C26H23N3O4/c1-33-21-10-8-18(9-11-21)23-15-22(20-7-6-17-4-2-3-5-19(17)14-20)27-29(23)26(32)16-28-24(30)12-13-25(28)31/h2-11,14,23H,12-13,15-16H2,1H3/t23-/m0/s1. The van der Waals surface area contributed by atoms with Crippen molar-refractivity contribution in [1.82, 2.24) is 9.91 Å². The van der Waals surface area contributed by atoms with E-state index >= 15 is 0 Å². The fourth-order valence-corrected chi connectivity index (χ4v) is 4.38. The molecular formula is C26H23N3O4. The molecule has 7 nitrogen and oxygen atoms in total. The minimum atomic E-state index is -0.379. The first kappa shape index (κ1) is 20.9. The molecule has 0 bridgehead atoms. The van der Waals surface area contributed by atoms with Crippen LogP contribution < -0.4 is 4.74 Å². The van der Waals surface area contributed by atoms with Crippen LogP contribution in [0.5, 0.6) is 5.75 Å². The summed E-state index contributed by atoms with van der Waals surface area (Å²) in [7, 11) is 1.60. The Kier molecular flexibility index (Phi) is 5.38. The van der Waals surface area contributed by atoms with Crippen LogP contribution in [0.2, 0.25) is 0 Å². The molecule has 5 rings (SSSR count). The van der Waals surface area contributed by atoms with Crippen molar-refractivity contribution in [3.8, 4) is 5.75 Å². The van der Waals surface area contributed by atoms with Crippen LogP contribution in [-0.2, 0) is 14.4 Å². The molecule has 1 atom stereocenters. The van der Waals surface area contributed by atoms with Gasteiger partial charge in [0.05, 0.1) is 18.9 Å². The summed E-state index contributed by atoms with van der Waals surface area (Å²) >= 11 is 0. The van der Waals surface area contributed by atoms with Crippen molar-refractivity contribution in [2.24, 2.45) is 5.10 Å². The number of hydrogen-bond donors (Lipinski definition) is 0. The van der Waals surface area contributed by atoms with Crippen molar-refractivity contribution in [1.29, 1.82) is 0 Å². The third-order valence-electron chi connectivity index (χ3n) is 6.20. The van der Waals surface area contributed by atoms with Gasteiger partial charge < -0.3 is 4.74 Å². The molecule has 0 unspecified atom stereocenters. The number of methoxy groups -OCH3 is 1. The van der Waals surface area contributed by atoms with Crippen molar-refractivity contribution in [2.45, 2.75) is 25.3 Å². The topological polar surface area (TPSA) is 79.3 Å². The smallest absolute Gasteiger partial charge is 0.263 e. The molecule has 2 heterocycles. The summed E-state index contributed by atoms with van der Waals surface area (Å²) in [6, 6.07) is 21.4. The Morgan fingerprint density at radius 2 is 1.67 bits per heavy atom. The lowest BCUT2D eigenvalue weighted by Crippen LogP contribution is -2.40. The largest absolute Gasteiger partial charge is 0.497 e. The van der Waals surface area contributed by atoms with Crippen LogP contribution in [0.15, 0.2) is 71.8 Å². The van der Waals surface area contributed by atoms with Gasteiger partial charge in [0.2, 0.25) is 11.8 Å². The van der Waals surface area contributed by atoms with Gasteiger partial charge in [-0.15, -0.1) is 0 Å². The van der Waals surface area contributed by atoms with Gasteiger partial charge in [-0.05, 0) is 40.1 Å². The van der Waals surface area contributed by atoms with E-state index in [0.717, 1.165) is 38.3 Å². The molecule has 1 fully saturated rings. The maximum Gasteiger partial charge on any atom is 0.263 e. The number of fused-ring (bicyclic) bond motifs is 1. The van der Waals surface area contributed by atoms with E-state index in [9.17, 15) is 14.4 Å². The first-order chi connectivity index (χ1) is 16.0. The van der Waals surface area contributed by atoms with E-state index < -0.39 is 0 Å². The lowest BCUT2D eigenvalue weighted by Gasteiger charge is -2.24. The van der Waals surface area contributed by atoms with Crippen molar-refractivity contribution >= 4 is 34.2 Å². The first-order valence-corrected chi connectivity index (χ1v) is 10.9. The summed E-state index contributed by atoms with van der Waals surface area (Å²) < 4.78 is 5.26. The molecule has 0 aromatic heterocycles. The summed E-state index contributed by atoms with van der Waals surface area (Å²) in [4.78, 5) is 38.4. The highest BCUT2D eigenvalue weighted by Crippen LogP contribution is 2.34. The lowest BCUT2D eigenvalue weighted by molar-refractivity contribution is -0.146. The zero-order valence-electron chi connectivity index (χ0n) is 18.2. The third-order valence-corrected chi connectivity index (χ3v) is 6.20. The number of benzene rings is 3. The van der Waals surface area contributed by atoms with Crippen molar-refractivity contribution < 1.29 is 19.1 Å². The van der Waals surface area contributed by atoms with Gasteiger partial charge in [0.15, 0.2) is 0 Å². The van der Waals surface area contributed by atoms with E-state index in [-0.39, 0.29) is 43.1 Å². The molecule has 33 heavy (non-hydrogen) atoms. The molecule has 0 saturated carbocycles. The number of carbonyl (C=O) groups excluding carboxylic acids is 3. The fraction of sp³-hybridized carbons (Fsp3) is 0.231. The maximum atomic E-state index is 13.2. The molecule has 166 valence electrons. The molecule has 0 radical (unpaired) electrons. The zero-order chi connectivity index (χ0) is 22.9. The van der Waals surface area contributed by atoms with Crippen molar-refractivity contribution in [2.75, 3.05) is 13.7 Å². The predicted octanol–water partition coefficient (Wildman–Crippen LogP) is 3.68. The minimum absolute atomic E-state index is 0.152. The predicted molar refractivity (Wildman–Crippen MR) is 124 cm³/mol. The average molecular weight is 441 g/mol. The summed E-state index contributed by atoms with van der Waals surface area (Å²) in [6.45, 7) is -0.293. The van der Waals surface area contributed by atoms with E-state index in [1.54, 1.807) is 7.11 Å². The fourth-order valence-electron chi connectivity index (χ4n) is 4.38. The van der Waals surface area contributed by atoms with Crippen LogP contribution in [0.4, 0.5) is 0 Å². The maximum absolute atomic E-state index is 13.2. The van der Waals surface area contributed by atoms with Gasteiger partial charge in [0.1, 0.15) is 12.3 Å². The lowest BCUT2D eigenvalue weighted by atomic mass is 9.97. The third kappa shape index (κ3) is 3.98. The molecule has 0 spiro atoms. The van der Waals surface area contributed by atoms with Crippen LogP contribution in [0.1, 0.15) is 36.4 Å².